The van der Waals surface area contributed by atoms with E-state index in [9.17, 15) is 9.90 Å². The molecule has 14 heavy (non-hydrogen) atoms. The van der Waals surface area contributed by atoms with Crippen molar-refractivity contribution in [2.75, 3.05) is 6.61 Å². The number of nitrogens with one attached hydrogen (secondary N) is 1. The third-order valence-electron chi connectivity index (χ3n) is 1.82. The van der Waals surface area contributed by atoms with Crippen LogP contribution in [-0.2, 0) is 9.53 Å². The Kier molecular flexibility index (Phi) is 6.16. The Morgan fingerprint density at radius 2 is 2.29 bits per heavy atom. The average Bonchev–Trinajstić information content (AvgIpc) is 2.18. The first-order chi connectivity index (χ1) is 6.58. The van der Waals surface area contributed by atoms with Crippen LogP contribution in [0.15, 0.2) is 12.7 Å². The number of aliphatic hydroxyl groups is 1. The molecule has 0 aromatic rings. The predicted octanol–water partition coefficient (Wildman–Crippen LogP) is 1.16. The lowest BCUT2D eigenvalue weighted by molar-refractivity contribution is -0.224. The molecule has 0 aromatic heterocycles. The number of ether oxygens (including phenoxy) is 1. The Hall–Kier alpha value is -0.870. The quantitative estimate of drug-likeness (QED) is 0.369. The summed E-state index contributed by atoms with van der Waals surface area (Å²) in [6.45, 7) is 7.48. The molecular formula is C10H19NO3. The zero-order valence-electron chi connectivity index (χ0n) is 8.88. The predicted molar refractivity (Wildman–Crippen MR) is 54.4 cm³/mol. The highest BCUT2D eigenvalue weighted by atomic mass is 16.6. The molecule has 82 valence electrons. The average molecular weight is 201 g/mol. The molecule has 0 fully saturated rings. The maximum absolute atomic E-state index is 10.9. The summed E-state index contributed by atoms with van der Waals surface area (Å²) < 4.78 is 5.17. The maximum atomic E-state index is 10.9. The molecule has 0 aliphatic heterocycles. The van der Waals surface area contributed by atoms with Crippen molar-refractivity contribution in [1.29, 1.82) is 0 Å². The molecule has 0 heterocycles. The third-order valence-corrected chi connectivity index (χ3v) is 1.82. The first kappa shape index (κ1) is 13.1. The first-order valence-corrected chi connectivity index (χ1v) is 4.89. The summed E-state index contributed by atoms with van der Waals surface area (Å²) in [7, 11) is 0. The maximum Gasteiger partial charge on any atom is 0.248 e. The van der Waals surface area contributed by atoms with Gasteiger partial charge in [-0.1, -0.05) is 26.8 Å². The number of amides is 1. The first-order valence-electron chi connectivity index (χ1n) is 4.89. The van der Waals surface area contributed by atoms with Crippen LogP contribution < -0.4 is 5.32 Å². The molecule has 4 heteroatoms. The summed E-state index contributed by atoms with van der Waals surface area (Å²) in [5.74, 6) is -1.99. The van der Waals surface area contributed by atoms with Gasteiger partial charge in [0.1, 0.15) is 0 Å². The second-order valence-corrected chi connectivity index (χ2v) is 3.03. The van der Waals surface area contributed by atoms with Crippen molar-refractivity contribution in [3.05, 3.63) is 12.7 Å². The van der Waals surface area contributed by atoms with E-state index in [1.54, 1.807) is 6.92 Å². The van der Waals surface area contributed by atoms with E-state index in [1.807, 2.05) is 6.92 Å². The van der Waals surface area contributed by atoms with Crippen molar-refractivity contribution in [2.45, 2.75) is 39.0 Å². The Labute approximate surface area is 85.0 Å². The zero-order chi connectivity index (χ0) is 11.0. The molecule has 0 saturated heterocycles. The number of unbranched alkanes of at least 4 members (excludes halogenated alkanes) is 1. The minimum Gasteiger partial charge on any atom is -0.349 e. The van der Waals surface area contributed by atoms with E-state index in [0.717, 1.165) is 18.9 Å². The van der Waals surface area contributed by atoms with E-state index in [0.29, 0.717) is 13.0 Å². The van der Waals surface area contributed by atoms with Gasteiger partial charge in [0.15, 0.2) is 0 Å². The molecule has 0 aliphatic rings. The molecule has 0 saturated carbocycles. The van der Waals surface area contributed by atoms with Crippen molar-refractivity contribution >= 4 is 5.91 Å². The van der Waals surface area contributed by atoms with Crippen LogP contribution in [0.4, 0.5) is 0 Å². The van der Waals surface area contributed by atoms with E-state index in [4.69, 9.17) is 4.74 Å². The monoisotopic (exact) mass is 201 g/mol. The van der Waals surface area contributed by atoms with E-state index in [-0.39, 0.29) is 0 Å². The van der Waals surface area contributed by atoms with Crippen molar-refractivity contribution in [2.24, 2.45) is 0 Å². The largest absolute Gasteiger partial charge is 0.349 e. The molecule has 1 unspecified atom stereocenters. The number of carbonyl (C=O) groups excluding carboxylic acids is 1. The lowest BCUT2D eigenvalue weighted by atomic mass is 10.3. The summed E-state index contributed by atoms with van der Waals surface area (Å²) in [4.78, 5) is 10.9. The standard InChI is InChI=1S/C10H19NO3/c1-4-7-8-14-10(13,6-3)11-9(12)5-2/h5,13H,2,4,6-8H2,1,3H3,(H,11,12). The Balaban J connectivity index is 4.03. The second-order valence-electron chi connectivity index (χ2n) is 3.03. The second kappa shape index (κ2) is 6.56. The van der Waals surface area contributed by atoms with E-state index < -0.39 is 11.8 Å². The van der Waals surface area contributed by atoms with Gasteiger partial charge >= 0.3 is 0 Å². The normalized spacial score (nSPS) is 14.5. The van der Waals surface area contributed by atoms with Crippen LogP contribution in [0.1, 0.15) is 33.1 Å². The lowest BCUT2D eigenvalue weighted by Gasteiger charge is -2.27. The summed E-state index contributed by atoms with van der Waals surface area (Å²) >= 11 is 0. The third kappa shape index (κ3) is 4.99. The lowest BCUT2D eigenvalue weighted by Crippen LogP contribution is -2.49. The highest BCUT2D eigenvalue weighted by molar-refractivity contribution is 5.87. The number of rotatable bonds is 7. The van der Waals surface area contributed by atoms with Gasteiger partial charge in [0, 0.05) is 6.42 Å². The summed E-state index contributed by atoms with van der Waals surface area (Å²) in [5.41, 5.74) is 0. The van der Waals surface area contributed by atoms with Crippen LogP contribution in [0, 0.1) is 0 Å². The van der Waals surface area contributed by atoms with Gasteiger partial charge in [-0.25, -0.2) is 0 Å². The Morgan fingerprint density at radius 3 is 2.71 bits per heavy atom. The van der Waals surface area contributed by atoms with Crippen LogP contribution in [0.3, 0.4) is 0 Å². The van der Waals surface area contributed by atoms with Crippen LogP contribution in [0.5, 0.6) is 0 Å². The van der Waals surface area contributed by atoms with Crippen molar-refractivity contribution in [3.63, 3.8) is 0 Å². The van der Waals surface area contributed by atoms with Crippen molar-refractivity contribution in [1.82, 2.24) is 5.32 Å². The number of carbonyl (C=O) groups is 1. The van der Waals surface area contributed by atoms with Gasteiger partial charge in [0.25, 0.3) is 0 Å². The smallest absolute Gasteiger partial charge is 0.248 e. The van der Waals surface area contributed by atoms with E-state index >= 15 is 0 Å². The minimum absolute atomic E-state index is 0.302. The topological polar surface area (TPSA) is 58.6 Å². The molecule has 0 radical (unpaired) electrons. The molecule has 0 rings (SSSR count). The zero-order valence-corrected chi connectivity index (χ0v) is 8.88. The van der Waals surface area contributed by atoms with Crippen LogP contribution in [0.25, 0.3) is 0 Å². The van der Waals surface area contributed by atoms with Crippen molar-refractivity contribution < 1.29 is 14.6 Å². The fourth-order valence-electron chi connectivity index (χ4n) is 0.855. The van der Waals surface area contributed by atoms with Gasteiger partial charge in [-0.15, -0.1) is 0 Å². The Morgan fingerprint density at radius 1 is 1.64 bits per heavy atom. The van der Waals surface area contributed by atoms with Gasteiger partial charge in [0.2, 0.25) is 11.8 Å². The summed E-state index contributed by atoms with van der Waals surface area (Å²) in [6.07, 6.45) is 3.24. The van der Waals surface area contributed by atoms with E-state index in [2.05, 4.69) is 11.9 Å². The molecule has 2 N–H and O–H groups in total. The van der Waals surface area contributed by atoms with Crippen LogP contribution in [-0.4, -0.2) is 23.5 Å². The van der Waals surface area contributed by atoms with Gasteiger partial charge in [0.05, 0.1) is 6.61 Å². The molecule has 1 amide bonds. The van der Waals surface area contributed by atoms with Gasteiger partial charge in [-0.2, -0.15) is 0 Å². The molecule has 1 atom stereocenters. The molecular weight excluding hydrogens is 182 g/mol. The fraction of sp³-hybridized carbons (Fsp3) is 0.700. The van der Waals surface area contributed by atoms with Gasteiger partial charge in [-0.3, -0.25) is 4.79 Å². The van der Waals surface area contributed by atoms with Gasteiger partial charge < -0.3 is 15.2 Å². The highest BCUT2D eigenvalue weighted by Gasteiger charge is 2.26. The summed E-state index contributed by atoms with van der Waals surface area (Å²) in [5, 5.41) is 12.1. The fourth-order valence-corrected chi connectivity index (χ4v) is 0.855. The number of hydrogen-bond donors (Lipinski definition) is 2. The molecule has 0 aliphatic carbocycles. The van der Waals surface area contributed by atoms with Crippen molar-refractivity contribution in [3.8, 4) is 0 Å². The van der Waals surface area contributed by atoms with Gasteiger partial charge in [-0.05, 0) is 12.5 Å². The Bertz CT molecular complexity index is 194. The SMILES string of the molecule is C=CC(=O)NC(O)(CC)OCCCC. The molecule has 4 nitrogen and oxygen atoms in total. The van der Waals surface area contributed by atoms with Crippen LogP contribution >= 0.6 is 0 Å². The molecule has 0 bridgehead atoms. The minimum atomic E-state index is -1.56. The highest BCUT2D eigenvalue weighted by Crippen LogP contribution is 2.08. The van der Waals surface area contributed by atoms with Crippen LogP contribution in [0.2, 0.25) is 0 Å². The molecule has 0 aromatic carbocycles. The number of hydrogen-bond acceptors (Lipinski definition) is 3. The van der Waals surface area contributed by atoms with E-state index in [1.165, 1.54) is 0 Å². The summed E-state index contributed by atoms with van der Waals surface area (Å²) in [6, 6.07) is 0. The molecule has 0 spiro atoms.